The number of nitrogens with two attached hydrogens (primary N) is 1. The number of amides is 1. The second kappa shape index (κ2) is 7.71. The standard InChI is InChI=1S/C14H22N2O2/c1-11(2)8-13(9-15)16-14(17)18-10-12-6-4-3-5-7-12/h3-7,11,13H,8-10,15H2,1-2H3,(H,16,17)/t13-/m0/s1. The van der Waals surface area contributed by atoms with Gasteiger partial charge in [0.05, 0.1) is 0 Å². The molecule has 0 aliphatic heterocycles. The van der Waals surface area contributed by atoms with Crippen molar-refractivity contribution < 1.29 is 9.53 Å². The molecule has 3 N–H and O–H groups in total. The second-order valence-corrected chi connectivity index (χ2v) is 4.77. The van der Waals surface area contributed by atoms with E-state index < -0.39 is 6.09 Å². The van der Waals surface area contributed by atoms with Crippen LogP contribution in [0, 0.1) is 5.92 Å². The highest BCUT2D eigenvalue weighted by molar-refractivity contribution is 5.67. The molecule has 0 spiro atoms. The fourth-order valence-electron chi connectivity index (χ4n) is 1.71. The Kier molecular flexibility index (Phi) is 6.22. The summed E-state index contributed by atoms with van der Waals surface area (Å²) >= 11 is 0. The van der Waals surface area contributed by atoms with Gasteiger partial charge in [0.1, 0.15) is 6.61 Å². The highest BCUT2D eigenvalue weighted by atomic mass is 16.5. The summed E-state index contributed by atoms with van der Waals surface area (Å²) in [7, 11) is 0. The number of ether oxygens (including phenoxy) is 1. The Labute approximate surface area is 109 Å². The summed E-state index contributed by atoms with van der Waals surface area (Å²) in [4.78, 5) is 11.6. The molecule has 4 heteroatoms. The molecule has 1 rings (SSSR count). The molecule has 0 aliphatic carbocycles. The van der Waals surface area contributed by atoms with Crippen LogP contribution in [0.1, 0.15) is 25.8 Å². The predicted octanol–water partition coefficient (Wildman–Crippen LogP) is 2.29. The SMILES string of the molecule is CC(C)C[C@@H](CN)NC(=O)OCc1ccccc1. The van der Waals surface area contributed by atoms with Crippen molar-refractivity contribution in [2.75, 3.05) is 6.54 Å². The number of carbonyl (C=O) groups is 1. The Morgan fingerprint density at radius 3 is 2.56 bits per heavy atom. The van der Waals surface area contributed by atoms with Crippen molar-refractivity contribution >= 4 is 6.09 Å². The molecule has 0 saturated carbocycles. The van der Waals surface area contributed by atoms with Crippen LogP contribution in [-0.4, -0.2) is 18.7 Å². The zero-order chi connectivity index (χ0) is 13.4. The van der Waals surface area contributed by atoms with Gasteiger partial charge in [-0.15, -0.1) is 0 Å². The van der Waals surface area contributed by atoms with E-state index in [0.717, 1.165) is 12.0 Å². The first kappa shape index (κ1) is 14.5. The van der Waals surface area contributed by atoms with Crippen molar-refractivity contribution in [3.05, 3.63) is 35.9 Å². The maximum absolute atomic E-state index is 11.6. The van der Waals surface area contributed by atoms with Crippen LogP contribution in [0.4, 0.5) is 4.79 Å². The Morgan fingerprint density at radius 1 is 1.33 bits per heavy atom. The summed E-state index contributed by atoms with van der Waals surface area (Å²) in [5.74, 6) is 0.493. The van der Waals surface area contributed by atoms with Crippen molar-refractivity contribution in [1.29, 1.82) is 0 Å². The summed E-state index contributed by atoms with van der Waals surface area (Å²) in [5, 5.41) is 2.78. The molecule has 1 aromatic rings. The molecule has 1 aromatic carbocycles. The normalized spacial score (nSPS) is 12.2. The number of hydrogen-bond acceptors (Lipinski definition) is 3. The largest absolute Gasteiger partial charge is 0.445 e. The van der Waals surface area contributed by atoms with Crippen LogP contribution in [0.2, 0.25) is 0 Å². The van der Waals surface area contributed by atoms with E-state index in [9.17, 15) is 4.79 Å². The Bertz CT molecular complexity index is 352. The topological polar surface area (TPSA) is 64.3 Å². The quantitative estimate of drug-likeness (QED) is 0.814. The highest BCUT2D eigenvalue weighted by Gasteiger charge is 2.13. The molecule has 4 nitrogen and oxygen atoms in total. The van der Waals surface area contributed by atoms with Crippen LogP contribution in [0.5, 0.6) is 0 Å². The van der Waals surface area contributed by atoms with Gasteiger partial charge in [0, 0.05) is 12.6 Å². The van der Waals surface area contributed by atoms with Crippen molar-refractivity contribution in [3.8, 4) is 0 Å². The van der Waals surface area contributed by atoms with Crippen molar-refractivity contribution in [2.45, 2.75) is 32.9 Å². The smallest absolute Gasteiger partial charge is 0.407 e. The number of benzene rings is 1. The van der Waals surface area contributed by atoms with Crippen molar-refractivity contribution in [2.24, 2.45) is 11.7 Å². The molecule has 0 fully saturated rings. The molecule has 0 bridgehead atoms. The molecule has 1 amide bonds. The Hall–Kier alpha value is -1.55. The van der Waals surface area contributed by atoms with Gasteiger partial charge < -0.3 is 15.8 Å². The van der Waals surface area contributed by atoms with Gasteiger partial charge in [0.25, 0.3) is 0 Å². The fourth-order valence-corrected chi connectivity index (χ4v) is 1.71. The van der Waals surface area contributed by atoms with Crippen LogP contribution in [0.25, 0.3) is 0 Å². The van der Waals surface area contributed by atoms with Crippen LogP contribution < -0.4 is 11.1 Å². The maximum atomic E-state index is 11.6. The monoisotopic (exact) mass is 250 g/mol. The summed E-state index contributed by atoms with van der Waals surface area (Å²) in [6.45, 7) is 4.91. The number of nitrogens with one attached hydrogen (secondary N) is 1. The van der Waals surface area contributed by atoms with E-state index >= 15 is 0 Å². The molecule has 0 aliphatic rings. The van der Waals surface area contributed by atoms with E-state index in [1.807, 2.05) is 30.3 Å². The van der Waals surface area contributed by atoms with Crippen molar-refractivity contribution in [1.82, 2.24) is 5.32 Å². The van der Waals surface area contributed by atoms with Gasteiger partial charge >= 0.3 is 6.09 Å². The molecule has 1 atom stereocenters. The van der Waals surface area contributed by atoms with Gasteiger partial charge in [-0.1, -0.05) is 44.2 Å². The first-order chi connectivity index (χ1) is 8.61. The molecule has 0 unspecified atom stereocenters. The van der Waals surface area contributed by atoms with Crippen LogP contribution in [-0.2, 0) is 11.3 Å². The summed E-state index contributed by atoms with van der Waals surface area (Å²) in [5.41, 5.74) is 6.58. The lowest BCUT2D eigenvalue weighted by atomic mass is 10.0. The van der Waals surface area contributed by atoms with Crippen molar-refractivity contribution in [3.63, 3.8) is 0 Å². The van der Waals surface area contributed by atoms with Gasteiger partial charge in [-0.2, -0.15) is 0 Å². The Morgan fingerprint density at radius 2 is 2.00 bits per heavy atom. The maximum Gasteiger partial charge on any atom is 0.407 e. The van der Waals surface area contributed by atoms with Crippen LogP contribution >= 0.6 is 0 Å². The number of carbonyl (C=O) groups excluding carboxylic acids is 1. The third kappa shape index (κ3) is 5.68. The summed E-state index contributed by atoms with van der Waals surface area (Å²) < 4.78 is 5.14. The average Bonchev–Trinajstić information content (AvgIpc) is 2.36. The predicted molar refractivity (Wildman–Crippen MR) is 72.1 cm³/mol. The van der Waals surface area contributed by atoms with Gasteiger partial charge in [-0.05, 0) is 17.9 Å². The fraction of sp³-hybridized carbons (Fsp3) is 0.500. The van der Waals surface area contributed by atoms with Gasteiger partial charge in [-0.3, -0.25) is 0 Å². The Balaban J connectivity index is 2.32. The summed E-state index contributed by atoms with van der Waals surface area (Å²) in [6.07, 6.45) is 0.451. The lowest BCUT2D eigenvalue weighted by molar-refractivity contribution is 0.134. The first-order valence-corrected chi connectivity index (χ1v) is 6.29. The average molecular weight is 250 g/mol. The van der Waals surface area contributed by atoms with E-state index in [4.69, 9.17) is 10.5 Å². The molecule has 0 radical (unpaired) electrons. The van der Waals surface area contributed by atoms with E-state index in [0.29, 0.717) is 12.5 Å². The zero-order valence-electron chi connectivity index (χ0n) is 11.1. The van der Waals surface area contributed by atoms with E-state index in [-0.39, 0.29) is 12.6 Å². The molecular formula is C14H22N2O2. The third-order valence-electron chi connectivity index (χ3n) is 2.58. The van der Waals surface area contributed by atoms with E-state index in [1.165, 1.54) is 0 Å². The van der Waals surface area contributed by atoms with Crippen LogP contribution in [0.3, 0.4) is 0 Å². The molecular weight excluding hydrogens is 228 g/mol. The molecule has 0 aromatic heterocycles. The number of hydrogen-bond donors (Lipinski definition) is 2. The number of rotatable bonds is 6. The lowest BCUT2D eigenvalue weighted by Gasteiger charge is -2.18. The van der Waals surface area contributed by atoms with Crippen LogP contribution in [0.15, 0.2) is 30.3 Å². The second-order valence-electron chi connectivity index (χ2n) is 4.77. The van der Waals surface area contributed by atoms with E-state index in [2.05, 4.69) is 19.2 Å². The molecule has 100 valence electrons. The first-order valence-electron chi connectivity index (χ1n) is 6.29. The molecule has 0 saturated heterocycles. The highest BCUT2D eigenvalue weighted by Crippen LogP contribution is 2.05. The summed E-state index contributed by atoms with van der Waals surface area (Å²) in [6, 6.07) is 9.57. The minimum Gasteiger partial charge on any atom is -0.445 e. The third-order valence-corrected chi connectivity index (χ3v) is 2.58. The van der Waals surface area contributed by atoms with Gasteiger partial charge in [0.15, 0.2) is 0 Å². The number of alkyl carbamates (subject to hydrolysis) is 1. The van der Waals surface area contributed by atoms with E-state index in [1.54, 1.807) is 0 Å². The minimum absolute atomic E-state index is 0.0201. The minimum atomic E-state index is -0.407. The van der Waals surface area contributed by atoms with Gasteiger partial charge in [0.2, 0.25) is 0 Å². The van der Waals surface area contributed by atoms with Gasteiger partial charge in [-0.25, -0.2) is 4.79 Å². The lowest BCUT2D eigenvalue weighted by Crippen LogP contribution is -2.41. The molecule has 0 heterocycles. The molecule has 18 heavy (non-hydrogen) atoms. The zero-order valence-corrected chi connectivity index (χ0v) is 11.1.